The molecule has 3 nitrogen and oxygen atoms in total. The van der Waals surface area contributed by atoms with Crippen LogP contribution in [0, 0.1) is 0 Å². The highest BCUT2D eigenvalue weighted by Gasteiger charge is 1.98. The van der Waals surface area contributed by atoms with Crippen molar-refractivity contribution in [3.05, 3.63) is 30.3 Å². The lowest BCUT2D eigenvalue weighted by Gasteiger charge is -2.02. The van der Waals surface area contributed by atoms with Crippen LogP contribution in [0.15, 0.2) is 30.3 Å². The molecule has 0 aliphatic heterocycles. The van der Waals surface area contributed by atoms with E-state index in [-0.39, 0.29) is 18.7 Å². The van der Waals surface area contributed by atoms with E-state index in [2.05, 4.69) is 5.32 Å². The summed E-state index contributed by atoms with van der Waals surface area (Å²) in [7, 11) is 0. The summed E-state index contributed by atoms with van der Waals surface area (Å²) < 4.78 is 0. The molecule has 0 unspecified atom stereocenters. The van der Waals surface area contributed by atoms with E-state index in [1.165, 1.54) is 0 Å². The summed E-state index contributed by atoms with van der Waals surface area (Å²) in [6, 6.07) is 9.40. The first kappa shape index (κ1) is 9.45. The molecule has 0 heterocycles. The number of hydrogen-bond donors (Lipinski definition) is 1. The molecule has 0 atom stereocenters. The van der Waals surface area contributed by atoms with Crippen LogP contribution in [0.2, 0.25) is 0 Å². The smallest absolute Gasteiger partial charge is 0.158 e. The molecule has 0 amide bonds. The van der Waals surface area contributed by atoms with E-state index in [4.69, 9.17) is 0 Å². The lowest BCUT2D eigenvalue weighted by molar-refractivity contribution is -0.120. The summed E-state index contributed by atoms with van der Waals surface area (Å²) in [5, 5.41) is 2.92. The zero-order chi connectivity index (χ0) is 9.52. The van der Waals surface area contributed by atoms with Gasteiger partial charge in [0.1, 0.15) is 6.29 Å². The Morgan fingerprint density at radius 2 is 2.00 bits per heavy atom. The van der Waals surface area contributed by atoms with Crippen molar-refractivity contribution in [2.45, 2.75) is 6.42 Å². The van der Waals surface area contributed by atoms with E-state index >= 15 is 0 Å². The molecule has 1 aromatic carbocycles. The van der Waals surface area contributed by atoms with Gasteiger partial charge in [0.15, 0.2) is 5.78 Å². The fraction of sp³-hybridized carbons (Fsp3) is 0.200. The molecule has 0 saturated carbocycles. The third kappa shape index (κ3) is 3.51. The van der Waals surface area contributed by atoms with E-state index in [0.717, 1.165) is 5.69 Å². The third-order valence-corrected chi connectivity index (χ3v) is 1.57. The Kier molecular flexibility index (Phi) is 3.70. The summed E-state index contributed by atoms with van der Waals surface area (Å²) in [6.07, 6.45) is 0.606. The van der Waals surface area contributed by atoms with Gasteiger partial charge >= 0.3 is 0 Å². The van der Waals surface area contributed by atoms with Gasteiger partial charge in [-0.05, 0) is 12.1 Å². The van der Waals surface area contributed by atoms with Gasteiger partial charge in [-0.25, -0.2) is 0 Å². The van der Waals surface area contributed by atoms with Gasteiger partial charge in [-0.3, -0.25) is 4.79 Å². The van der Waals surface area contributed by atoms with Gasteiger partial charge in [0.05, 0.1) is 13.0 Å². The van der Waals surface area contributed by atoms with Crippen molar-refractivity contribution in [1.29, 1.82) is 0 Å². The first-order chi connectivity index (χ1) is 6.33. The van der Waals surface area contributed by atoms with E-state index in [1.54, 1.807) is 0 Å². The SMILES string of the molecule is O=CCC(=O)CNc1ccccc1. The Morgan fingerprint density at radius 1 is 1.31 bits per heavy atom. The van der Waals surface area contributed by atoms with Crippen molar-refractivity contribution in [3.63, 3.8) is 0 Å². The molecule has 1 aromatic rings. The predicted molar refractivity (Wildman–Crippen MR) is 50.6 cm³/mol. The number of aldehydes is 1. The van der Waals surface area contributed by atoms with Crippen LogP contribution >= 0.6 is 0 Å². The fourth-order valence-electron chi connectivity index (χ4n) is 0.922. The maximum atomic E-state index is 10.9. The van der Waals surface area contributed by atoms with Crippen molar-refractivity contribution < 1.29 is 9.59 Å². The van der Waals surface area contributed by atoms with Crippen LogP contribution in [0.5, 0.6) is 0 Å². The molecule has 0 aliphatic rings. The molecule has 0 saturated heterocycles. The van der Waals surface area contributed by atoms with Gasteiger partial charge in [-0.2, -0.15) is 0 Å². The molecule has 3 heteroatoms. The molecular formula is C10H11NO2. The molecule has 0 bridgehead atoms. The Labute approximate surface area is 76.8 Å². The van der Waals surface area contributed by atoms with Crippen LogP contribution < -0.4 is 5.32 Å². The second-order valence-electron chi connectivity index (χ2n) is 2.63. The molecule has 1 N–H and O–H groups in total. The van der Waals surface area contributed by atoms with E-state index in [0.29, 0.717) is 6.29 Å². The zero-order valence-electron chi connectivity index (χ0n) is 7.19. The van der Waals surface area contributed by atoms with Crippen LogP contribution in [0.3, 0.4) is 0 Å². The number of carbonyl (C=O) groups is 2. The van der Waals surface area contributed by atoms with Crippen LogP contribution in [-0.2, 0) is 9.59 Å². The normalized spacial score (nSPS) is 9.23. The second-order valence-corrected chi connectivity index (χ2v) is 2.63. The van der Waals surface area contributed by atoms with Gasteiger partial charge in [0.2, 0.25) is 0 Å². The Hall–Kier alpha value is -1.64. The van der Waals surface area contributed by atoms with E-state index in [9.17, 15) is 9.59 Å². The van der Waals surface area contributed by atoms with Crippen LogP contribution in [0.25, 0.3) is 0 Å². The molecule has 0 aliphatic carbocycles. The summed E-state index contributed by atoms with van der Waals surface area (Å²) in [6.45, 7) is 0.211. The van der Waals surface area contributed by atoms with Crippen molar-refractivity contribution in [2.24, 2.45) is 0 Å². The largest absolute Gasteiger partial charge is 0.378 e. The minimum atomic E-state index is -0.0983. The summed E-state index contributed by atoms with van der Waals surface area (Å²) >= 11 is 0. The Bertz CT molecular complexity index is 282. The van der Waals surface area contributed by atoms with Gasteiger partial charge in [-0.1, -0.05) is 18.2 Å². The Morgan fingerprint density at radius 3 is 2.62 bits per heavy atom. The number of hydrogen-bond acceptors (Lipinski definition) is 3. The number of anilines is 1. The van der Waals surface area contributed by atoms with Crippen molar-refractivity contribution >= 4 is 17.8 Å². The number of benzene rings is 1. The van der Waals surface area contributed by atoms with Crippen LogP contribution in [0.4, 0.5) is 5.69 Å². The molecule has 68 valence electrons. The van der Waals surface area contributed by atoms with Gasteiger partial charge < -0.3 is 10.1 Å². The number of carbonyl (C=O) groups excluding carboxylic acids is 2. The standard InChI is InChI=1S/C10H11NO2/c12-7-6-10(13)8-11-9-4-2-1-3-5-9/h1-5,7,11H,6,8H2. The van der Waals surface area contributed by atoms with Gasteiger partial charge in [0, 0.05) is 5.69 Å². The predicted octanol–water partition coefficient (Wildman–Crippen LogP) is 1.26. The Balaban J connectivity index is 2.35. The first-order valence-corrected chi connectivity index (χ1v) is 4.07. The minimum absolute atomic E-state index is 0.0141. The molecule has 1 rings (SSSR count). The summed E-state index contributed by atoms with van der Waals surface area (Å²) in [5.74, 6) is -0.0983. The topological polar surface area (TPSA) is 46.2 Å². The fourth-order valence-corrected chi connectivity index (χ4v) is 0.922. The minimum Gasteiger partial charge on any atom is -0.378 e. The molecule has 0 aromatic heterocycles. The molecule has 13 heavy (non-hydrogen) atoms. The van der Waals surface area contributed by atoms with Gasteiger partial charge in [-0.15, -0.1) is 0 Å². The molecular weight excluding hydrogens is 166 g/mol. The van der Waals surface area contributed by atoms with Crippen molar-refractivity contribution in [2.75, 3.05) is 11.9 Å². The van der Waals surface area contributed by atoms with Crippen molar-refractivity contribution in [1.82, 2.24) is 0 Å². The maximum absolute atomic E-state index is 10.9. The quantitative estimate of drug-likeness (QED) is 0.544. The molecule has 0 fully saturated rings. The monoisotopic (exact) mass is 177 g/mol. The highest BCUT2D eigenvalue weighted by Crippen LogP contribution is 2.03. The number of para-hydroxylation sites is 1. The maximum Gasteiger partial charge on any atom is 0.158 e. The zero-order valence-corrected chi connectivity index (χ0v) is 7.19. The van der Waals surface area contributed by atoms with E-state index in [1.807, 2.05) is 30.3 Å². The number of nitrogens with one attached hydrogen (secondary N) is 1. The van der Waals surface area contributed by atoms with E-state index < -0.39 is 0 Å². The number of ketones is 1. The van der Waals surface area contributed by atoms with Crippen molar-refractivity contribution in [3.8, 4) is 0 Å². The van der Waals surface area contributed by atoms with Crippen LogP contribution in [-0.4, -0.2) is 18.6 Å². The third-order valence-electron chi connectivity index (χ3n) is 1.57. The average molecular weight is 177 g/mol. The van der Waals surface area contributed by atoms with Crippen LogP contribution in [0.1, 0.15) is 6.42 Å². The average Bonchev–Trinajstić information content (AvgIpc) is 2.17. The summed E-state index contributed by atoms with van der Waals surface area (Å²) in [5.41, 5.74) is 0.891. The molecule has 0 spiro atoms. The highest BCUT2D eigenvalue weighted by atomic mass is 16.1. The molecule has 0 radical (unpaired) electrons. The lowest BCUT2D eigenvalue weighted by Crippen LogP contribution is -2.13. The lowest BCUT2D eigenvalue weighted by atomic mass is 10.3. The summed E-state index contributed by atoms with van der Waals surface area (Å²) in [4.78, 5) is 20.9. The number of rotatable bonds is 5. The highest BCUT2D eigenvalue weighted by molar-refractivity contribution is 5.92. The number of Topliss-reactive ketones (excluding diaryl/α,β-unsaturated/α-hetero) is 1. The first-order valence-electron chi connectivity index (χ1n) is 4.07. The second kappa shape index (κ2) is 5.09. The van der Waals surface area contributed by atoms with Gasteiger partial charge in [0.25, 0.3) is 0 Å².